The zero-order chi connectivity index (χ0) is 12.2. The van der Waals surface area contributed by atoms with Gasteiger partial charge in [0.05, 0.1) is 6.61 Å². The van der Waals surface area contributed by atoms with E-state index in [9.17, 15) is 18.0 Å². The molecule has 16 heavy (non-hydrogen) atoms. The fourth-order valence-corrected chi connectivity index (χ4v) is 0.958. The fourth-order valence-electron chi connectivity index (χ4n) is 0.958. The second-order valence-electron chi connectivity index (χ2n) is 2.64. The first-order valence-electron chi connectivity index (χ1n) is 4.31. The minimum Gasteiger partial charge on any atom is -0.462 e. The van der Waals surface area contributed by atoms with E-state index in [1.165, 1.54) is 0 Å². The number of nitrogens with zero attached hydrogens (tertiary/aromatic N) is 1. The molecule has 7 heteroatoms. The van der Waals surface area contributed by atoms with Crippen LogP contribution in [0.1, 0.15) is 17.3 Å². The molecule has 1 aromatic rings. The van der Waals surface area contributed by atoms with Crippen LogP contribution >= 0.6 is 0 Å². The summed E-state index contributed by atoms with van der Waals surface area (Å²) in [4.78, 5) is 14.8. The van der Waals surface area contributed by atoms with E-state index >= 15 is 0 Å². The molecule has 0 aliphatic rings. The highest BCUT2D eigenvalue weighted by atomic mass is 19.4. The molecule has 0 spiro atoms. The van der Waals surface area contributed by atoms with Crippen molar-refractivity contribution in [2.45, 2.75) is 13.3 Å². The molecule has 1 heterocycles. The van der Waals surface area contributed by atoms with Gasteiger partial charge in [0.2, 0.25) is 0 Å². The second kappa shape index (κ2) is 4.82. The smallest absolute Gasteiger partial charge is 0.462 e. The summed E-state index contributed by atoms with van der Waals surface area (Å²) in [6.45, 7) is 1.59. The number of carbonyl (C=O) groups is 1. The SMILES string of the molecule is CCOC(=O)c1cnccc1OC(F)(F)F. The Morgan fingerprint density at radius 2 is 2.19 bits per heavy atom. The van der Waals surface area contributed by atoms with Gasteiger partial charge in [-0.3, -0.25) is 4.98 Å². The number of carbonyl (C=O) groups excluding carboxylic acids is 1. The van der Waals surface area contributed by atoms with Gasteiger partial charge in [0.1, 0.15) is 11.3 Å². The van der Waals surface area contributed by atoms with Crippen LogP contribution in [0, 0.1) is 0 Å². The van der Waals surface area contributed by atoms with Gasteiger partial charge in [-0.15, -0.1) is 13.2 Å². The zero-order valence-electron chi connectivity index (χ0n) is 8.25. The van der Waals surface area contributed by atoms with Gasteiger partial charge in [-0.2, -0.15) is 0 Å². The molecule has 0 saturated carbocycles. The van der Waals surface area contributed by atoms with E-state index in [1.54, 1.807) is 6.92 Å². The Bertz CT molecular complexity index is 379. The van der Waals surface area contributed by atoms with Gasteiger partial charge < -0.3 is 9.47 Å². The lowest BCUT2D eigenvalue weighted by atomic mass is 10.2. The average molecular weight is 235 g/mol. The van der Waals surface area contributed by atoms with Crippen LogP contribution in [0.5, 0.6) is 5.75 Å². The molecule has 0 bridgehead atoms. The Labute approximate surface area is 89.0 Å². The summed E-state index contributed by atoms with van der Waals surface area (Å²) in [6.07, 6.45) is -2.81. The molecule has 4 nitrogen and oxygen atoms in total. The van der Waals surface area contributed by atoms with Crippen LogP contribution < -0.4 is 4.74 Å². The fraction of sp³-hybridized carbons (Fsp3) is 0.333. The average Bonchev–Trinajstić information content (AvgIpc) is 2.16. The number of aromatic nitrogens is 1. The topological polar surface area (TPSA) is 48.4 Å². The number of alkyl halides is 3. The minimum atomic E-state index is -4.86. The molecule has 0 amide bonds. The van der Waals surface area contributed by atoms with Crippen molar-refractivity contribution in [3.8, 4) is 5.75 Å². The molecular formula is C9H8F3NO3. The molecule has 0 aromatic carbocycles. The third kappa shape index (κ3) is 3.41. The van der Waals surface area contributed by atoms with Gasteiger partial charge in [0.25, 0.3) is 0 Å². The predicted octanol–water partition coefficient (Wildman–Crippen LogP) is 2.16. The molecule has 0 N–H and O–H groups in total. The summed E-state index contributed by atoms with van der Waals surface area (Å²) in [6, 6.07) is 0.944. The lowest BCUT2D eigenvalue weighted by Crippen LogP contribution is -2.19. The van der Waals surface area contributed by atoms with Gasteiger partial charge in [-0.1, -0.05) is 0 Å². The van der Waals surface area contributed by atoms with Crippen LogP contribution in [0.15, 0.2) is 18.5 Å². The van der Waals surface area contributed by atoms with E-state index in [1.807, 2.05) is 0 Å². The van der Waals surface area contributed by atoms with Crippen LogP contribution in [0.3, 0.4) is 0 Å². The second-order valence-corrected chi connectivity index (χ2v) is 2.64. The molecule has 0 unspecified atom stereocenters. The lowest BCUT2D eigenvalue weighted by molar-refractivity contribution is -0.274. The normalized spacial score (nSPS) is 11.0. The Morgan fingerprint density at radius 1 is 1.50 bits per heavy atom. The summed E-state index contributed by atoms with van der Waals surface area (Å²) >= 11 is 0. The molecule has 1 aromatic heterocycles. The highest BCUT2D eigenvalue weighted by molar-refractivity contribution is 5.92. The molecule has 0 saturated heterocycles. The lowest BCUT2D eigenvalue weighted by Gasteiger charge is -2.11. The Morgan fingerprint density at radius 3 is 2.75 bits per heavy atom. The van der Waals surface area contributed by atoms with E-state index < -0.39 is 18.1 Å². The summed E-state index contributed by atoms with van der Waals surface area (Å²) in [5, 5.41) is 0. The van der Waals surface area contributed by atoms with Gasteiger partial charge in [-0.25, -0.2) is 4.79 Å². The molecule has 0 atom stereocenters. The molecule has 0 aliphatic heterocycles. The largest absolute Gasteiger partial charge is 0.573 e. The van der Waals surface area contributed by atoms with Gasteiger partial charge in [0, 0.05) is 12.4 Å². The van der Waals surface area contributed by atoms with Crippen molar-refractivity contribution in [1.82, 2.24) is 4.98 Å². The summed E-state index contributed by atoms with van der Waals surface area (Å²) < 4.78 is 44.1. The molecule has 0 fully saturated rings. The van der Waals surface area contributed by atoms with Crippen molar-refractivity contribution in [3.63, 3.8) is 0 Å². The highest BCUT2D eigenvalue weighted by Crippen LogP contribution is 2.25. The predicted molar refractivity (Wildman–Crippen MR) is 46.9 cm³/mol. The first-order valence-corrected chi connectivity index (χ1v) is 4.31. The van der Waals surface area contributed by atoms with E-state index in [0.29, 0.717) is 0 Å². The van der Waals surface area contributed by atoms with E-state index in [0.717, 1.165) is 18.5 Å². The molecular weight excluding hydrogens is 227 g/mol. The van der Waals surface area contributed by atoms with Crippen molar-refractivity contribution in [2.75, 3.05) is 6.61 Å². The van der Waals surface area contributed by atoms with Crippen molar-refractivity contribution in [3.05, 3.63) is 24.0 Å². The number of rotatable bonds is 3. The third-order valence-electron chi connectivity index (χ3n) is 1.50. The summed E-state index contributed by atoms with van der Waals surface area (Å²) in [5.41, 5.74) is -0.360. The minimum absolute atomic E-state index is 0.0547. The molecule has 0 radical (unpaired) electrons. The first-order chi connectivity index (χ1) is 7.44. The van der Waals surface area contributed by atoms with Crippen molar-refractivity contribution in [2.24, 2.45) is 0 Å². The van der Waals surface area contributed by atoms with Crippen LogP contribution in [-0.4, -0.2) is 23.9 Å². The van der Waals surface area contributed by atoms with Crippen molar-refractivity contribution < 1.29 is 27.4 Å². The van der Waals surface area contributed by atoms with Gasteiger partial charge in [-0.05, 0) is 13.0 Å². The van der Waals surface area contributed by atoms with Gasteiger partial charge >= 0.3 is 12.3 Å². The third-order valence-corrected chi connectivity index (χ3v) is 1.50. The summed E-state index contributed by atoms with van der Waals surface area (Å²) in [5.74, 6) is -1.53. The number of hydrogen-bond donors (Lipinski definition) is 0. The van der Waals surface area contributed by atoms with E-state index in [4.69, 9.17) is 0 Å². The quantitative estimate of drug-likeness (QED) is 0.753. The summed E-state index contributed by atoms with van der Waals surface area (Å²) in [7, 11) is 0. The highest BCUT2D eigenvalue weighted by Gasteiger charge is 2.33. The maximum Gasteiger partial charge on any atom is 0.573 e. The molecule has 0 aliphatic carbocycles. The van der Waals surface area contributed by atoms with Crippen molar-refractivity contribution in [1.29, 1.82) is 0 Å². The number of pyridine rings is 1. The maximum absolute atomic E-state index is 12.0. The van der Waals surface area contributed by atoms with Crippen LogP contribution in [0.2, 0.25) is 0 Å². The Balaban J connectivity index is 2.96. The number of hydrogen-bond acceptors (Lipinski definition) is 4. The monoisotopic (exact) mass is 235 g/mol. The first kappa shape index (κ1) is 12.3. The molecule has 88 valence electrons. The molecule has 1 rings (SSSR count). The van der Waals surface area contributed by atoms with Crippen LogP contribution in [-0.2, 0) is 4.74 Å². The van der Waals surface area contributed by atoms with E-state index in [-0.39, 0.29) is 12.2 Å². The van der Waals surface area contributed by atoms with Crippen LogP contribution in [0.4, 0.5) is 13.2 Å². The number of esters is 1. The van der Waals surface area contributed by atoms with Crippen molar-refractivity contribution >= 4 is 5.97 Å². The Hall–Kier alpha value is -1.79. The van der Waals surface area contributed by atoms with Crippen LogP contribution in [0.25, 0.3) is 0 Å². The Kier molecular flexibility index (Phi) is 3.70. The number of ether oxygens (including phenoxy) is 2. The number of halogens is 3. The van der Waals surface area contributed by atoms with E-state index in [2.05, 4.69) is 14.5 Å². The zero-order valence-corrected chi connectivity index (χ0v) is 8.25. The maximum atomic E-state index is 12.0. The van der Waals surface area contributed by atoms with Gasteiger partial charge in [0.15, 0.2) is 0 Å². The standard InChI is InChI=1S/C9H8F3NO3/c1-2-15-8(14)6-5-13-4-3-7(6)16-9(10,11)12/h3-5H,2H2,1H3.